The molecule has 1 aromatic heterocycles. The largest absolute Gasteiger partial charge is 0.478 e. The van der Waals surface area contributed by atoms with Crippen LogP contribution in [0.1, 0.15) is 58.3 Å². The van der Waals surface area contributed by atoms with Crippen molar-refractivity contribution in [1.82, 2.24) is 14.3 Å². The molecule has 172 valence electrons. The van der Waals surface area contributed by atoms with Crippen molar-refractivity contribution >= 4 is 11.9 Å². The smallest absolute Gasteiger partial charge is 0.353 e. The normalized spacial score (nSPS) is 11.8. The fourth-order valence-corrected chi connectivity index (χ4v) is 3.84. The topological polar surface area (TPSA) is 94.2 Å². The summed E-state index contributed by atoms with van der Waals surface area (Å²) in [5.74, 6) is -0.911. The third-order valence-corrected chi connectivity index (χ3v) is 5.92. The van der Waals surface area contributed by atoms with Crippen molar-refractivity contribution in [2.45, 2.75) is 32.7 Å². The van der Waals surface area contributed by atoms with E-state index >= 15 is 0 Å². The van der Waals surface area contributed by atoms with Gasteiger partial charge in [0, 0.05) is 11.5 Å². The maximum absolute atomic E-state index is 13.2. The molecule has 7 nitrogen and oxygen atoms in total. The number of carbonyl (C=O) groups is 2. The number of aromatic nitrogens is 3. The predicted octanol–water partition coefficient (Wildman–Crippen LogP) is 4.66. The Morgan fingerprint density at radius 3 is 2.24 bits per heavy atom. The molecule has 7 heteroatoms. The number of hydrogen-bond donors (Lipinski definition) is 1. The second kappa shape index (κ2) is 9.70. The van der Waals surface area contributed by atoms with Gasteiger partial charge in [-0.1, -0.05) is 74.5 Å². The Hall–Kier alpha value is -4.26. The Kier molecular flexibility index (Phi) is 6.54. The van der Waals surface area contributed by atoms with E-state index in [1.54, 1.807) is 54.6 Å². The van der Waals surface area contributed by atoms with Crippen LogP contribution in [0.25, 0.3) is 11.1 Å². The number of aromatic carboxylic acids is 1. The zero-order valence-corrected chi connectivity index (χ0v) is 19.0. The van der Waals surface area contributed by atoms with Gasteiger partial charge in [-0.15, -0.1) is 9.78 Å². The maximum Gasteiger partial charge on any atom is 0.353 e. The number of benzene rings is 3. The number of rotatable bonds is 7. The van der Waals surface area contributed by atoms with Gasteiger partial charge in [0.1, 0.15) is 5.82 Å². The molecule has 0 spiro atoms. The summed E-state index contributed by atoms with van der Waals surface area (Å²) in [6.45, 7) is 4.23. The highest BCUT2D eigenvalue weighted by atomic mass is 16.4. The minimum Gasteiger partial charge on any atom is -0.478 e. The summed E-state index contributed by atoms with van der Waals surface area (Å²) in [5, 5.41) is 13.9. The molecule has 1 heterocycles. The maximum atomic E-state index is 13.2. The van der Waals surface area contributed by atoms with Gasteiger partial charge >= 0.3 is 11.7 Å². The Balaban J connectivity index is 1.69. The highest BCUT2D eigenvalue weighted by Crippen LogP contribution is 2.25. The average Bonchev–Trinajstić information content (AvgIpc) is 3.19. The first-order chi connectivity index (χ1) is 16.4. The number of nitrogens with zero attached hydrogens (tertiary/aromatic N) is 3. The standard InChI is InChI=1S/C27H25N3O4/c1-3-18(2)24-28-30(25(31)21-9-5-4-6-10-21)27(34)29(24)17-19-13-15-20(16-14-19)22-11-7-8-12-23(22)26(32)33/h4-16,18H,3,17H2,1-2H3,(H,32,33). The number of carbonyl (C=O) groups excluding carboxylic acids is 1. The van der Waals surface area contributed by atoms with Crippen LogP contribution in [0.5, 0.6) is 0 Å². The summed E-state index contributed by atoms with van der Waals surface area (Å²) >= 11 is 0. The Morgan fingerprint density at radius 1 is 0.941 bits per heavy atom. The van der Waals surface area contributed by atoms with E-state index in [0.29, 0.717) is 17.0 Å². The van der Waals surface area contributed by atoms with E-state index in [-0.39, 0.29) is 18.0 Å². The van der Waals surface area contributed by atoms with Gasteiger partial charge in [0.25, 0.3) is 5.91 Å². The molecule has 0 aliphatic rings. The van der Waals surface area contributed by atoms with Crippen LogP contribution >= 0.6 is 0 Å². The SMILES string of the molecule is CCC(C)c1nn(C(=O)c2ccccc2)c(=O)n1Cc1ccc(-c2ccccc2C(=O)O)cc1. The van der Waals surface area contributed by atoms with Gasteiger partial charge in [0.05, 0.1) is 12.1 Å². The molecule has 0 amide bonds. The lowest BCUT2D eigenvalue weighted by Gasteiger charge is -2.11. The first-order valence-electron chi connectivity index (χ1n) is 11.1. The van der Waals surface area contributed by atoms with E-state index in [1.807, 2.05) is 38.1 Å². The summed E-state index contributed by atoms with van der Waals surface area (Å²) < 4.78 is 2.48. The van der Waals surface area contributed by atoms with E-state index in [1.165, 1.54) is 4.57 Å². The lowest BCUT2D eigenvalue weighted by Crippen LogP contribution is -2.30. The zero-order chi connectivity index (χ0) is 24.2. The zero-order valence-electron chi connectivity index (χ0n) is 19.0. The molecule has 1 unspecified atom stereocenters. The highest BCUT2D eigenvalue weighted by Gasteiger charge is 2.22. The molecule has 34 heavy (non-hydrogen) atoms. The van der Waals surface area contributed by atoms with Crippen molar-refractivity contribution < 1.29 is 14.7 Å². The molecule has 0 saturated heterocycles. The lowest BCUT2D eigenvalue weighted by atomic mass is 9.98. The van der Waals surface area contributed by atoms with Crippen LogP contribution in [0, 0.1) is 0 Å². The third kappa shape index (κ3) is 4.45. The average molecular weight is 456 g/mol. The van der Waals surface area contributed by atoms with E-state index in [0.717, 1.165) is 22.2 Å². The molecule has 1 atom stereocenters. The molecule has 1 N–H and O–H groups in total. The van der Waals surface area contributed by atoms with Gasteiger partial charge < -0.3 is 5.11 Å². The van der Waals surface area contributed by atoms with Crippen molar-refractivity contribution in [2.24, 2.45) is 0 Å². The Labute approximate surface area is 196 Å². The fourth-order valence-electron chi connectivity index (χ4n) is 3.84. The monoisotopic (exact) mass is 455 g/mol. The second-order valence-corrected chi connectivity index (χ2v) is 8.17. The molecule has 0 aliphatic carbocycles. The van der Waals surface area contributed by atoms with Crippen LogP contribution in [0.3, 0.4) is 0 Å². The molecule has 3 aromatic carbocycles. The molecule has 0 saturated carbocycles. The van der Waals surface area contributed by atoms with E-state index < -0.39 is 17.6 Å². The summed E-state index contributed by atoms with van der Waals surface area (Å²) in [4.78, 5) is 37.7. The number of hydrogen-bond acceptors (Lipinski definition) is 4. The number of carboxylic acid groups (broad SMARTS) is 1. The molecular weight excluding hydrogens is 430 g/mol. The van der Waals surface area contributed by atoms with E-state index in [9.17, 15) is 19.5 Å². The summed E-state index contributed by atoms with van der Waals surface area (Å²) in [6, 6.07) is 22.8. The van der Waals surface area contributed by atoms with Gasteiger partial charge in [-0.05, 0) is 41.3 Å². The Bertz CT molecular complexity index is 1390. The van der Waals surface area contributed by atoms with Gasteiger partial charge in [-0.2, -0.15) is 0 Å². The van der Waals surface area contributed by atoms with E-state index in [2.05, 4.69) is 5.10 Å². The summed E-state index contributed by atoms with van der Waals surface area (Å²) in [6.07, 6.45) is 0.765. The fraction of sp³-hybridized carbons (Fsp3) is 0.185. The molecule has 0 aliphatic heterocycles. The van der Waals surface area contributed by atoms with Crippen molar-refractivity contribution in [3.63, 3.8) is 0 Å². The molecular formula is C27H25N3O4. The van der Waals surface area contributed by atoms with Crippen LogP contribution < -0.4 is 5.69 Å². The Morgan fingerprint density at radius 2 is 1.59 bits per heavy atom. The van der Waals surface area contributed by atoms with Crippen molar-refractivity contribution in [1.29, 1.82) is 0 Å². The molecule has 0 radical (unpaired) electrons. The predicted molar refractivity (Wildman–Crippen MR) is 129 cm³/mol. The van der Waals surface area contributed by atoms with Crippen molar-refractivity contribution in [2.75, 3.05) is 0 Å². The van der Waals surface area contributed by atoms with Gasteiger partial charge in [-0.3, -0.25) is 9.36 Å². The molecule has 0 bridgehead atoms. The minimum absolute atomic E-state index is 0.0146. The quantitative estimate of drug-likeness (QED) is 0.437. The van der Waals surface area contributed by atoms with Gasteiger partial charge in [0.15, 0.2) is 0 Å². The first-order valence-corrected chi connectivity index (χ1v) is 11.1. The summed E-state index contributed by atoms with van der Waals surface area (Å²) in [7, 11) is 0. The van der Waals surface area contributed by atoms with E-state index in [4.69, 9.17) is 0 Å². The highest BCUT2D eigenvalue weighted by molar-refractivity contribution is 5.96. The minimum atomic E-state index is -0.986. The third-order valence-electron chi connectivity index (χ3n) is 5.92. The number of carboxylic acids is 1. The van der Waals surface area contributed by atoms with Crippen LogP contribution in [0.4, 0.5) is 0 Å². The summed E-state index contributed by atoms with van der Waals surface area (Å²) in [5.41, 5.74) is 2.38. The van der Waals surface area contributed by atoms with Crippen LogP contribution in [-0.2, 0) is 6.54 Å². The van der Waals surface area contributed by atoms with Crippen LogP contribution in [0.2, 0.25) is 0 Å². The second-order valence-electron chi connectivity index (χ2n) is 8.17. The lowest BCUT2D eigenvalue weighted by molar-refractivity contribution is 0.0697. The van der Waals surface area contributed by atoms with Crippen molar-refractivity contribution in [3.8, 4) is 11.1 Å². The van der Waals surface area contributed by atoms with Crippen LogP contribution in [-0.4, -0.2) is 31.3 Å². The molecule has 0 fully saturated rings. The molecule has 4 aromatic rings. The first kappa shape index (κ1) is 22.9. The van der Waals surface area contributed by atoms with Gasteiger partial charge in [0.2, 0.25) is 0 Å². The van der Waals surface area contributed by atoms with Gasteiger partial charge in [-0.25, -0.2) is 9.59 Å². The molecule has 4 rings (SSSR count). The van der Waals surface area contributed by atoms with Crippen molar-refractivity contribution in [3.05, 3.63) is 112 Å². The van der Waals surface area contributed by atoms with Crippen LogP contribution in [0.15, 0.2) is 83.7 Å².